The predicted molar refractivity (Wildman–Crippen MR) is 90.7 cm³/mol. The Hall–Kier alpha value is -2.89. The summed E-state index contributed by atoms with van der Waals surface area (Å²) in [5.41, 5.74) is 0.841. The molecule has 6 heteroatoms. The third-order valence-corrected chi connectivity index (χ3v) is 3.09. The van der Waals surface area contributed by atoms with Crippen LogP contribution < -0.4 is 10.1 Å². The van der Waals surface area contributed by atoms with Gasteiger partial charge in [-0.1, -0.05) is 0 Å². The van der Waals surface area contributed by atoms with E-state index in [0.29, 0.717) is 17.1 Å². The van der Waals surface area contributed by atoms with E-state index in [4.69, 9.17) is 9.84 Å². The molecule has 2 aromatic rings. The summed E-state index contributed by atoms with van der Waals surface area (Å²) in [6, 6.07) is 9.78. The molecule has 0 unspecified atom stereocenters. The first-order valence-electron chi connectivity index (χ1n) is 7.47. The second kappa shape index (κ2) is 6.70. The number of hydrogen-bond acceptors (Lipinski definition) is 4. The molecule has 2 rings (SSSR count). The van der Waals surface area contributed by atoms with Crippen molar-refractivity contribution in [2.45, 2.75) is 33.3 Å². The lowest BCUT2D eigenvalue weighted by molar-refractivity contribution is 0.0695. The first-order valence-corrected chi connectivity index (χ1v) is 7.47. The topological polar surface area (TPSA) is 88.5 Å². The molecule has 2 N–H and O–H groups in total. The molecule has 0 radical (unpaired) electrons. The summed E-state index contributed by atoms with van der Waals surface area (Å²) in [6.45, 7) is 7.42. The second-order valence-corrected chi connectivity index (χ2v) is 6.33. The number of anilines is 1. The van der Waals surface area contributed by atoms with E-state index in [1.165, 1.54) is 12.1 Å². The number of carbonyl (C=O) groups excluding carboxylic acids is 1. The summed E-state index contributed by atoms with van der Waals surface area (Å²) in [5.74, 6) is -0.763. The zero-order valence-corrected chi connectivity index (χ0v) is 14.1. The number of amides is 1. The molecule has 0 fully saturated rings. The van der Waals surface area contributed by atoms with E-state index in [1.807, 2.05) is 20.8 Å². The Labute approximate surface area is 140 Å². The van der Waals surface area contributed by atoms with Gasteiger partial charge in [0.2, 0.25) is 0 Å². The predicted octanol–water partition coefficient (Wildman–Crippen LogP) is 3.52. The number of aromatic nitrogens is 1. The lowest BCUT2D eigenvalue weighted by Gasteiger charge is -2.21. The van der Waals surface area contributed by atoms with E-state index in [1.54, 1.807) is 31.2 Å². The first-order chi connectivity index (χ1) is 11.2. The number of carbonyl (C=O) groups is 2. The SMILES string of the molecule is Cc1nc(C(=O)Nc2ccc(OC(C)(C)C)cc2)ccc1C(=O)O. The number of ether oxygens (including phenoxy) is 1. The van der Waals surface area contributed by atoms with E-state index < -0.39 is 11.9 Å². The third kappa shape index (κ3) is 4.55. The van der Waals surface area contributed by atoms with Gasteiger partial charge >= 0.3 is 5.97 Å². The van der Waals surface area contributed by atoms with Crippen LogP contribution in [0.5, 0.6) is 5.75 Å². The molecular weight excluding hydrogens is 308 g/mol. The molecule has 0 saturated carbocycles. The van der Waals surface area contributed by atoms with Gasteiger partial charge in [0.25, 0.3) is 5.91 Å². The highest BCUT2D eigenvalue weighted by Crippen LogP contribution is 2.20. The van der Waals surface area contributed by atoms with Crippen molar-refractivity contribution in [2.24, 2.45) is 0 Å². The number of benzene rings is 1. The fourth-order valence-electron chi connectivity index (χ4n) is 2.07. The Morgan fingerprint density at radius 1 is 1.08 bits per heavy atom. The number of carboxylic acid groups (broad SMARTS) is 1. The van der Waals surface area contributed by atoms with Crippen LogP contribution in [0.1, 0.15) is 47.3 Å². The number of aromatic carboxylic acids is 1. The molecule has 0 aliphatic rings. The van der Waals surface area contributed by atoms with E-state index in [9.17, 15) is 9.59 Å². The standard InChI is InChI=1S/C18H20N2O4/c1-11-14(17(22)23)9-10-15(19-11)16(21)20-12-5-7-13(8-6-12)24-18(2,3)4/h5-10H,1-4H3,(H,20,21)(H,22,23). The van der Waals surface area contributed by atoms with Crippen molar-refractivity contribution in [3.05, 3.63) is 53.3 Å². The van der Waals surface area contributed by atoms with Gasteiger partial charge in [-0.05, 0) is 64.1 Å². The number of hydrogen-bond donors (Lipinski definition) is 2. The molecule has 6 nitrogen and oxygen atoms in total. The zero-order chi connectivity index (χ0) is 17.9. The molecule has 24 heavy (non-hydrogen) atoms. The van der Waals surface area contributed by atoms with Crippen LogP contribution in [0.4, 0.5) is 5.69 Å². The van der Waals surface area contributed by atoms with Crippen molar-refractivity contribution in [1.82, 2.24) is 4.98 Å². The number of aryl methyl sites for hydroxylation is 1. The van der Waals surface area contributed by atoms with Crippen molar-refractivity contribution in [3.63, 3.8) is 0 Å². The van der Waals surface area contributed by atoms with Gasteiger partial charge in [-0.3, -0.25) is 4.79 Å². The Kier molecular flexibility index (Phi) is 4.87. The van der Waals surface area contributed by atoms with Gasteiger partial charge in [0.05, 0.1) is 11.3 Å². The van der Waals surface area contributed by atoms with Gasteiger partial charge in [-0.2, -0.15) is 0 Å². The minimum absolute atomic E-state index is 0.0789. The van der Waals surface area contributed by atoms with Crippen LogP contribution in [0.3, 0.4) is 0 Å². The summed E-state index contributed by atoms with van der Waals surface area (Å²) >= 11 is 0. The van der Waals surface area contributed by atoms with Crippen LogP contribution in [0.25, 0.3) is 0 Å². The molecule has 1 amide bonds. The van der Waals surface area contributed by atoms with E-state index >= 15 is 0 Å². The van der Waals surface area contributed by atoms with Crippen molar-refractivity contribution in [3.8, 4) is 5.75 Å². The summed E-state index contributed by atoms with van der Waals surface area (Å²) in [7, 11) is 0. The number of nitrogens with one attached hydrogen (secondary N) is 1. The van der Waals surface area contributed by atoms with Gasteiger partial charge in [0.15, 0.2) is 0 Å². The first kappa shape index (κ1) is 17.5. The molecule has 1 heterocycles. The molecule has 0 aliphatic carbocycles. The highest BCUT2D eigenvalue weighted by molar-refractivity contribution is 6.03. The van der Waals surface area contributed by atoms with Crippen LogP contribution >= 0.6 is 0 Å². The Morgan fingerprint density at radius 2 is 1.71 bits per heavy atom. The third-order valence-electron chi connectivity index (χ3n) is 3.09. The zero-order valence-electron chi connectivity index (χ0n) is 14.1. The maximum absolute atomic E-state index is 12.2. The largest absolute Gasteiger partial charge is 0.488 e. The van der Waals surface area contributed by atoms with E-state index in [-0.39, 0.29) is 16.9 Å². The number of rotatable bonds is 4. The maximum atomic E-state index is 12.2. The number of carboxylic acids is 1. The lowest BCUT2D eigenvalue weighted by atomic mass is 10.2. The summed E-state index contributed by atoms with van der Waals surface area (Å²) < 4.78 is 5.72. The van der Waals surface area contributed by atoms with Gasteiger partial charge in [0, 0.05) is 5.69 Å². The summed E-state index contributed by atoms with van der Waals surface area (Å²) in [4.78, 5) is 27.2. The highest BCUT2D eigenvalue weighted by Gasteiger charge is 2.14. The maximum Gasteiger partial charge on any atom is 0.337 e. The van der Waals surface area contributed by atoms with Gasteiger partial charge in [-0.25, -0.2) is 9.78 Å². The normalized spacial score (nSPS) is 11.0. The second-order valence-electron chi connectivity index (χ2n) is 6.33. The number of nitrogens with zero attached hydrogens (tertiary/aromatic N) is 1. The quantitative estimate of drug-likeness (QED) is 0.896. The summed E-state index contributed by atoms with van der Waals surface area (Å²) in [6.07, 6.45) is 0. The molecule has 0 bridgehead atoms. The Bertz CT molecular complexity index is 762. The molecule has 0 spiro atoms. The average molecular weight is 328 g/mol. The molecule has 0 aliphatic heterocycles. The van der Waals surface area contributed by atoms with Gasteiger partial charge < -0.3 is 15.2 Å². The fourth-order valence-corrected chi connectivity index (χ4v) is 2.07. The van der Waals surface area contributed by atoms with Crippen LogP contribution in [0.2, 0.25) is 0 Å². The monoisotopic (exact) mass is 328 g/mol. The molecular formula is C18H20N2O4. The van der Waals surface area contributed by atoms with Gasteiger partial charge in [0.1, 0.15) is 17.0 Å². The van der Waals surface area contributed by atoms with Crippen molar-refractivity contribution in [2.75, 3.05) is 5.32 Å². The lowest BCUT2D eigenvalue weighted by Crippen LogP contribution is -2.22. The fraction of sp³-hybridized carbons (Fsp3) is 0.278. The van der Waals surface area contributed by atoms with Crippen LogP contribution in [-0.4, -0.2) is 27.6 Å². The van der Waals surface area contributed by atoms with Crippen molar-refractivity contribution in [1.29, 1.82) is 0 Å². The van der Waals surface area contributed by atoms with Crippen LogP contribution in [0.15, 0.2) is 36.4 Å². The molecule has 0 saturated heterocycles. The van der Waals surface area contributed by atoms with Crippen LogP contribution in [0, 0.1) is 6.92 Å². The van der Waals surface area contributed by atoms with Crippen molar-refractivity contribution < 1.29 is 19.4 Å². The van der Waals surface area contributed by atoms with E-state index in [0.717, 1.165) is 0 Å². The van der Waals surface area contributed by atoms with Crippen molar-refractivity contribution >= 4 is 17.6 Å². The van der Waals surface area contributed by atoms with Crippen LogP contribution in [-0.2, 0) is 0 Å². The molecule has 0 atom stereocenters. The average Bonchev–Trinajstić information content (AvgIpc) is 2.47. The molecule has 126 valence electrons. The highest BCUT2D eigenvalue weighted by atomic mass is 16.5. The summed E-state index contributed by atoms with van der Waals surface area (Å²) in [5, 5.41) is 11.7. The molecule has 1 aromatic heterocycles. The minimum Gasteiger partial charge on any atom is -0.488 e. The molecule has 1 aromatic carbocycles. The number of pyridine rings is 1. The minimum atomic E-state index is -1.07. The van der Waals surface area contributed by atoms with E-state index in [2.05, 4.69) is 10.3 Å². The van der Waals surface area contributed by atoms with Gasteiger partial charge in [-0.15, -0.1) is 0 Å². The Morgan fingerprint density at radius 3 is 2.21 bits per heavy atom. The smallest absolute Gasteiger partial charge is 0.337 e. The Balaban J connectivity index is 2.09.